The van der Waals surface area contributed by atoms with Crippen LogP contribution in [-0.2, 0) is 0 Å². The first-order valence-corrected chi connectivity index (χ1v) is 5.88. The van der Waals surface area contributed by atoms with E-state index in [0.29, 0.717) is 6.04 Å². The van der Waals surface area contributed by atoms with E-state index in [1.54, 1.807) is 0 Å². The van der Waals surface area contributed by atoms with Gasteiger partial charge < -0.3 is 5.73 Å². The van der Waals surface area contributed by atoms with E-state index in [1.165, 1.54) is 6.42 Å². The van der Waals surface area contributed by atoms with E-state index >= 15 is 0 Å². The van der Waals surface area contributed by atoms with Crippen molar-refractivity contribution in [2.45, 2.75) is 39.3 Å². The maximum Gasteiger partial charge on any atom is 0.108 e. The quantitative estimate of drug-likeness (QED) is 0.533. The smallest absolute Gasteiger partial charge is 0.108 e. The van der Waals surface area contributed by atoms with Gasteiger partial charge >= 0.3 is 0 Å². The Morgan fingerprint density at radius 1 is 1.20 bits per heavy atom. The van der Waals surface area contributed by atoms with Gasteiger partial charge in [-0.2, -0.15) is 0 Å². The minimum Gasteiger partial charge on any atom is -0.386 e. The molecule has 0 aromatic rings. The summed E-state index contributed by atoms with van der Waals surface area (Å²) < 4.78 is 0. The molecule has 0 radical (unpaired) electrons. The first-order valence-electron chi connectivity index (χ1n) is 5.88. The van der Waals surface area contributed by atoms with E-state index in [-0.39, 0.29) is 11.9 Å². The van der Waals surface area contributed by atoms with Gasteiger partial charge in [-0.25, -0.2) is 0 Å². The monoisotopic (exact) mass is 212 g/mol. The fraction of sp³-hybridized carbons (Fsp3) is 0.909. The number of amidine groups is 1. The summed E-state index contributed by atoms with van der Waals surface area (Å²) in [5.41, 5.74) is 5.52. The van der Waals surface area contributed by atoms with Gasteiger partial charge in [-0.05, 0) is 20.3 Å². The molecule has 1 heterocycles. The van der Waals surface area contributed by atoms with Gasteiger partial charge in [0, 0.05) is 32.2 Å². The molecule has 0 amide bonds. The first kappa shape index (κ1) is 12.5. The lowest BCUT2D eigenvalue weighted by Gasteiger charge is -2.40. The van der Waals surface area contributed by atoms with Crippen molar-refractivity contribution in [1.29, 1.82) is 5.41 Å². The van der Waals surface area contributed by atoms with Crippen molar-refractivity contribution >= 4 is 5.84 Å². The Balaban J connectivity index is 2.38. The summed E-state index contributed by atoms with van der Waals surface area (Å²) in [7, 11) is 0. The first-order chi connectivity index (χ1) is 7.06. The summed E-state index contributed by atoms with van der Waals surface area (Å²) in [6.45, 7) is 10.8. The fourth-order valence-electron chi connectivity index (χ4n) is 2.02. The zero-order valence-corrected chi connectivity index (χ0v) is 10.2. The molecule has 0 aliphatic carbocycles. The summed E-state index contributed by atoms with van der Waals surface area (Å²) in [5.74, 6) is 0.284. The SMILES string of the molecule is CCC(C)N1CCN(C(C)C(=N)N)CC1. The highest BCUT2D eigenvalue weighted by atomic mass is 15.3. The van der Waals surface area contributed by atoms with Gasteiger partial charge in [0.15, 0.2) is 0 Å². The van der Waals surface area contributed by atoms with Crippen molar-refractivity contribution in [3.63, 3.8) is 0 Å². The molecule has 4 nitrogen and oxygen atoms in total. The second kappa shape index (κ2) is 5.47. The summed E-state index contributed by atoms with van der Waals surface area (Å²) in [6, 6.07) is 0.781. The van der Waals surface area contributed by atoms with Gasteiger partial charge in [-0.15, -0.1) is 0 Å². The molecule has 1 saturated heterocycles. The minimum absolute atomic E-state index is 0.101. The third-order valence-corrected chi connectivity index (χ3v) is 3.56. The summed E-state index contributed by atoms with van der Waals surface area (Å²) in [4.78, 5) is 4.81. The fourth-order valence-corrected chi connectivity index (χ4v) is 2.02. The lowest BCUT2D eigenvalue weighted by molar-refractivity contribution is 0.0925. The standard InChI is InChI=1S/C11H24N4/c1-4-9(2)14-5-7-15(8-6-14)10(3)11(12)13/h9-10H,4-8H2,1-3H3,(H3,12,13). The Kier molecular flexibility index (Phi) is 4.54. The van der Waals surface area contributed by atoms with Crippen LogP contribution in [0.15, 0.2) is 0 Å². The Labute approximate surface area is 92.9 Å². The third-order valence-electron chi connectivity index (χ3n) is 3.56. The molecule has 3 N–H and O–H groups in total. The van der Waals surface area contributed by atoms with Crippen LogP contribution in [0.5, 0.6) is 0 Å². The molecule has 1 rings (SSSR count). The van der Waals surface area contributed by atoms with Crippen molar-refractivity contribution in [3.8, 4) is 0 Å². The van der Waals surface area contributed by atoms with Crippen LogP contribution in [0.2, 0.25) is 0 Å². The van der Waals surface area contributed by atoms with Crippen LogP contribution in [0.25, 0.3) is 0 Å². The zero-order chi connectivity index (χ0) is 11.4. The van der Waals surface area contributed by atoms with Crippen molar-refractivity contribution < 1.29 is 0 Å². The molecule has 1 fully saturated rings. The summed E-state index contributed by atoms with van der Waals surface area (Å²) in [6.07, 6.45) is 1.21. The molecule has 0 bridgehead atoms. The lowest BCUT2D eigenvalue weighted by Crippen LogP contribution is -2.54. The molecule has 0 saturated carbocycles. The van der Waals surface area contributed by atoms with Crippen LogP contribution in [0.1, 0.15) is 27.2 Å². The maximum absolute atomic E-state index is 7.43. The largest absolute Gasteiger partial charge is 0.386 e. The molecule has 0 spiro atoms. The molecule has 2 atom stereocenters. The van der Waals surface area contributed by atoms with Crippen molar-refractivity contribution in [1.82, 2.24) is 9.80 Å². The average molecular weight is 212 g/mol. The van der Waals surface area contributed by atoms with Gasteiger partial charge in [0.05, 0.1) is 6.04 Å². The van der Waals surface area contributed by atoms with Crippen LogP contribution < -0.4 is 5.73 Å². The van der Waals surface area contributed by atoms with Crippen molar-refractivity contribution in [3.05, 3.63) is 0 Å². The molecule has 88 valence electrons. The van der Waals surface area contributed by atoms with Gasteiger partial charge in [0.25, 0.3) is 0 Å². The van der Waals surface area contributed by atoms with Crippen LogP contribution in [0.3, 0.4) is 0 Å². The predicted octanol–water partition coefficient (Wildman–Crippen LogP) is 0.727. The van der Waals surface area contributed by atoms with E-state index in [1.807, 2.05) is 6.92 Å². The van der Waals surface area contributed by atoms with E-state index in [4.69, 9.17) is 11.1 Å². The molecule has 0 aromatic heterocycles. The number of piperazine rings is 1. The Morgan fingerprint density at radius 2 is 1.67 bits per heavy atom. The van der Waals surface area contributed by atoms with Crippen LogP contribution in [-0.4, -0.2) is 53.9 Å². The van der Waals surface area contributed by atoms with E-state index < -0.39 is 0 Å². The van der Waals surface area contributed by atoms with Crippen molar-refractivity contribution in [2.75, 3.05) is 26.2 Å². The maximum atomic E-state index is 7.43. The number of nitrogens with zero attached hydrogens (tertiary/aromatic N) is 2. The number of nitrogens with one attached hydrogen (secondary N) is 1. The van der Waals surface area contributed by atoms with E-state index in [2.05, 4.69) is 23.6 Å². The highest BCUT2D eigenvalue weighted by Gasteiger charge is 2.24. The molecule has 1 aliphatic heterocycles. The second-order valence-corrected chi connectivity index (χ2v) is 4.46. The van der Waals surface area contributed by atoms with Crippen molar-refractivity contribution in [2.24, 2.45) is 5.73 Å². The number of hydrogen-bond donors (Lipinski definition) is 2. The van der Waals surface area contributed by atoms with Crippen LogP contribution in [0.4, 0.5) is 0 Å². The number of nitrogens with two attached hydrogens (primary N) is 1. The Bertz CT molecular complexity index is 209. The zero-order valence-electron chi connectivity index (χ0n) is 10.2. The summed E-state index contributed by atoms with van der Waals surface area (Å²) >= 11 is 0. The highest BCUT2D eigenvalue weighted by molar-refractivity contribution is 5.82. The molecule has 4 heteroatoms. The average Bonchev–Trinajstić information content (AvgIpc) is 2.27. The molecule has 15 heavy (non-hydrogen) atoms. The van der Waals surface area contributed by atoms with E-state index in [0.717, 1.165) is 26.2 Å². The molecule has 0 aromatic carbocycles. The molecule has 2 unspecified atom stereocenters. The molecular weight excluding hydrogens is 188 g/mol. The Morgan fingerprint density at radius 3 is 2.07 bits per heavy atom. The minimum atomic E-state index is 0.101. The normalized spacial score (nSPS) is 23.7. The van der Waals surface area contributed by atoms with Gasteiger partial charge in [-0.3, -0.25) is 15.2 Å². The molecule has 1 aliphatic rings. The van der Waals surface area contributed by atoms with Gasteiger partial charge in [-0.1, -0.05) is 6.92 Å². The third kappa shape index (κ3) is 3.18. The predicted molar refractivity (Wildman–Crippen MR) is 64.3 cm³/mol. The number of hydrogen-bond acceptors (Lipinski definition) is 3. The van der Waals surface area contributed by atoms with Gasteiger partial charge in [0.2, 0.25) is 0 Å². The topological polar surface area (TPSA) is 56.4 Å². The summed E-state index contributed by atoms with van der Waals surface area (Å²) in [5, 5.41) is 7.43. The lowest BCUT2D eigenvalue weighted by atomic mass is 10.1. The van der Waals surface area contributed by atoms with Crippen LogP contribution in [0, 0.1) is 5.41 Å². The second-order valence-electron chi connectivity index (χ2n) is 4.46. The van der Waals surface area contributed by atoms with Gasteiger partial charge in [0.1, 0.15) is 5.84 Å². The number of rotatable bonds is 4. The molecular formula is C11H24N4. The highest BCUT2D eigenvalue weighted by Crippen LogP contribution is 2.10. The van der Waals surface area contributed by atoms with E-state index in [9.17, 15) is 0 Å². The Hall–Kier alpha value is -0.610. The van der Waals surface area contributed by atoms with Crippen LogP contribution >= 0.6 is 0 Å².